The fraction of sp³-hybridized carbons (Fsp3) is 0.556. The van der Waals surface area contributed by atoms with Crippen molar-refractivity contribution < 1.29 is 27.1 Å². The Morgan fingerprint density at radius 1 is 1.25 bits per heavy atom. The number of rotatable bonds is 6. The summed E-state index contributed by atoms with van der Waals surface area (Å²) >= 11 is 0.348. The molecule has 2 aliphatic heterocycles. The first-order valence-electron chi connectivity index (χ1n) is 9.05. The van der Waals surface area contributed by atoms with Crippen LogP contribution in [0.2, 0.25) is 0 Å². The summed E-state index contributed by atoms with van der Waals surface area (Å²) in [7, 11) is 0. The second-order valence-electron chi connectivity index (χ2n) is 6.45. The van der Waals surface area contributed by atoms with Crippen molar-refractivity contribution in [3.8, 4) is 0 Å². The second-order valence-corrected chi connectivity index (χ2v) is 7.61. The molecule has 0 aliphatic carbocycles. The number of piperidine rings is 1. The third-order valence-electron chi connectivity index (χ3n) is 4.66. The average Bonchev–Trinajstić information content (AvgIpc) is 3.12. The van der Waals surface area contributed by atoms with Gasteiger partial charge in [-0.1, -0.05) is 24.6 Å². The van der Waals surface area contributed by atoms with Crippen LogP contribution in [-0.4, -0.2) is 53.0 Å². The number of benzene rings is 1. The molecule has 0 amide bonds. The first-order chi connectivity index (χ1) is 13.3. The maximum atomic E-state index is 15.2. The Labute approximate surface area is 164 Å². The van der Waals surface area contributed by atoms with Crippen molar-refractivity contribution in [2.24, 2.45) is 5.10 Å². The number of carbonyl (C=O) groups excluding carboxylic acids is 1. The molecule has 1 fully saturated rings. The molecular weight excluding hydrogens is 398 g/mol. The van der Waals surface area contributed by atoms with Gasteiger partial charge in [0.05, 0.1) is 12.3 Å². The van der Waals surface area contributed by atoms with E-state index >= 15 is 8.78 Å². The normalized spacial score (nSPS) is 23.8. The van der Waals surface area contributed by atoms with Gasteiger partial charge in [0, 0.05) is 13.1 Å². The molecule has 1 aromatic carbocycles. The van der Waals surface area contributed by atoms with Crippen LogP contribution in [0.25, 0.3) is 0 Å². The highest BCUT2D eigenvalue weighted by Crippen LogP contribution is 2.54. The van der Waals surface area contributed by atoms with E-state index in [4.69, 9.17) is 4.74 Å². The average molecular weight is 419 g/mol. The molecule has 0 N–H and O–H groups in total. The zero-order valence-corrected chi connectivity index (χ0v) is 16.1. The molecule has 154 valence electrons. The predicted octanol–water partition coefficient (Wildman–Crippen LogP) is 4.16. The quantitative estimate of drug-likeness (QED) is 0.512. The number of nitrogens with zero attached hydrogens (tertiary/aromatic N) is 3. The Hall–Kier alpha value is -1.81. The van der Waals surface area contributed by atoms with Crippen molar-refractivity contribution in [1.82, 2.24) is 4.90 Å². The molecule has 0 radical (unpaired) electrons. The lowest BCUT2D eigenvalue weighted by atomic mass is 10.1. The zero-order chi connectivity index (χ0) is 20.4. The van der Waals surface area contributed by atoms with Crippen molar-refractivity contribution in [2.75, 3.05) is 24.7 Å². The van der Waals surface area contributed by atoms with Gasteiger partial charge in [0.25, 0.3) is 0 Å². The molecule has 1 atom stereocenters. The van der Waals surface area contributed by atoms with E-state index in [1.165, 1.54) is 17.0 Å². The van der Waals surface area contributed by atoms with Crippen LogP contribution in [0.15, 0.2) is 35.4 Å². The minimum atomic E-state index is -4.47. The Bertz CT molecular complexity index is 729. The van der Waals surface area contributed by atoms with Gasteiger partial charge in [-0.2, -0.15) is 13.9 Å². The third-order valence-corrected chi connectivity index (χ3v) is 6.09. The Morgan fingerprint density at radius 3 is 2.46 bits per heavy atom. The smallest absolute Gasteiger partial charge is 0.365 e. The number of carbonyl (C=O) groups is 1. The van der Waals surface area contributed by atoms with Gasteiger partial charge in [-0.15, -0.1) is 0 Å². The first-order valence-corrected chi connectivity index (χ1v) is 9.87. The van der Waals surface area contributed by atoms with Crippen molar-refractivity contribution in [1.29, 1.82) is 0 Å². The van der Waals surface area contributed by atoms with Gasteiger partial charge in [0.2, 0.25) is 10.0 Å². The molecule has 10 heteroatoms. The molecule has 1 aromatic rings. The lowest BCUT2D eigenvalue weighted by Gasteiger charge is -2.49. The molecule has 0 spiro atoms. The van der Waals surface area contributed by atoms with E-state index in [2.05, 4.69) is 5.10 Å². The number of hydrogen-bond donors (Lipinski definition) is 0. The van der Waals surface area contributed by atoms with Crippen molar-refractivity contribution in [3.05, 3.63) is 30.3 Å². The maximum absolute atomic E-state index is 15.2. The van der Waals surface area contributed by atoms with Crippen LogP contribution in [0, 0.1) is 0 Å². The van der Waals surface area contributed by atoms with E-state index in [1.54, 1.807) is 25.1 Å². The molecular formula is C18H21F4N3O2S. The molecule has 28 heavy (non-hydrogen) atoms. The number of hydrazone groups is 1. The fourth-order valence-electron chi connectivity index (χ4n) is 3.39. The minimum absolute atomic E-state index is 0.0195. The highest BCUT2D eigenvalue weighted by molar-refractivity contribution is 8.17. The van der Waals surface area contributed by atoms with Gasteiger partial charge in [-0.05, 0) is 43.7 Å². The minimum Gasteiger partial charge on any atom is -0.461 e. The molecule has 0 aromatic heterocycles. The third kappa shape index (κ3) is 3.47. The Morgan fingerprint density at radius 2 is 1.89 bits per heavy atom. The van der Waals surface area contributed by atoms with E-state index in [0.29, 0.717) is 24.6 Å². The molecule has 0 bridgehead atoms. The van der Waals surface area contributed by atoms with Crippen molar-refractivity contribution in [2.45, 2.75) is 43.5 Å². The van der Waals surface area contributed by atoms with Gasteiger partial charge in [0.1, 0.15) is 0 Å². The summed E-state index contributed by atoms with van der Waals surface area (Å²) in [6.45, 7) is 1.99. The lowest BCUT2D eigenvalue weighted by Crippen LogP contribution is -2.68. The topological polar surface area (TPSA) is 45.1 Å². The summed E-state index contributed by atoms with van der Waals surface area (Å²) < 4.78 is 62.5. The number of thioether (sulfide) groups is 1. The van der Waals surface area contributed by atoms with Crippen LogP contribution in [0.1, 0.15) is 26.2 Å². The number of anilines is 1. The summed E-state index contributed by atoms with van der Waals surface area (Å²) in [6, 6.07) is 7.87. The number of likely N-dealkylation sites (tertiary alicyclic amines) is 1. The number of para-hydroxylation sites is 1. The number of ether oxygens (including phenoxy) is 1. The number of halogens is 4. The van der Waals surface area contributed by atoms with Gasteiger partial charge in [-0.25, -0.2) is 18.6 Å². The fourth-order valence-corrected chi connectivity index (χ4v) is 4.70. The van der Waals surface area contributed by atoms with Gasteiger partial charge < -0.3 is 4.74 Å². The molecule has 0 saturated carbocycles. The summed E-state index contributed by atoms with van der Waals surface area (Å²) in [6.07, 6.45) is -1.92. The Balaban J connectivity index is 2.15. The first kappa shape index (κ1) is 20.9. The van der Waals surface area contributed by atoms with E-state index < -0.39 is 23.3 Å². The number of hydrogen-bond acceptors (Lipinski definition) is 6. The van der Waals surface area contributed by atoms with Crippen molar-refractivity contribution >= 4 is 28.5 Å². The molecule has 2 aliphatic rings. The molecule has 3 rings (SSSR count). The summed E-state index contributed by atoms with van der Waals surface area (Å²) in [5.74, 6) is -5.37. The van der Waals surface area contributed by atoms with Crippen LogP contribution in [0.5, 0.6) is 0 Å². The van der Waals surface area contributed by atoms with Gasteiger partial charge in [0.15, 0.2) is 0 Å². The Kier molecular flexibility index (Phi) is 6.18. The van der Waals surface area contributed by atoms with Crippen molar-refractivity contribution in [3.63, 3.8) is 0 Å². The summed E-state index contributed by atoms with van der Waals surface area (Å²) in [4.78, 5) is 11.0. The van der Waals surface area contributed by atoms with Gasteiger partial charge in [-0.3, -0.25) is 4.90 Å². The largest absolute Gasteiger partial charge is 0.461 e. The molecule has 2 heterocycles. The molecule has 1 saturated heterocycles. The highest BCUT2D eigenvalue weighted by atomic mass is 32.2. The lowest BCUT2D eigenvalue weighted by molar-refractivity contribution is -0.187. The van der Waals surface area contributed by atoms with E-state index in [-0.39, 0.29) is 30.4 Å². The van der Waals surface area contributed by atoms with Crippen LogP contribution in [0.3, 0.4) is 0 Å². The predicted molar refractivity (Wildman–Crippen MR) is 99.7 cm³/mol. The second kappa shape index (κ2) is 8.28. The van der Waals surface area contributed by atoms with Crippen LogP contribution >= 0.6 is 11.8 Å². The van der Waals surface area contributed by atoms with Crippen LogP contribution in [-0.2, 0) is 9.53 Å². The zero-order valence-electron chi connectivity index (χ0n) is 15.3. The molecule has 5 nitrogen and oxygen atoms in total. The van der Waals surface area contributed by atoms with Crippen LogP contribution < -0.4 is 5.01 Å². The SMILES string of the molecule is CCOC(=O)C1=NN(c2ccccc2)C(N2CCCCC2)(C(F)(F)C(F)F)S1. The summed E-state index contributed by atoms with van der Waals surface area (Å²) in [5.41, 5.74) is 0.195. The highest BCUT2D eigenvalue weighted by Gasteiger charge is 2.70. The maximum Gasteiger partial charge on any atom is 0.365 e. The number of alkyl halides is 4. The number of esters is 1. The van der Waals surface area contributed by atoms with E-state index in [0.717, 1.165) is 11.4 Å². The van der Waals surface area contributed by atoms with E-state index in [9.17, 15) is 13.6 Å². The standard InChI is InChI=1S/C18H21F4N3O2S/c1-2-27-15(26)14-23-25(13-9-5-3-6-10-13)18(28-14,17(21,22)16(19)20)24-11-7-4-8-12-24/h3,5-6,9-10,16H,2,4,7-8,11-12H2,1H3. The van der Waals surface area contributed by atoms with E-state index in [1.807, 2.05) is 0 Å². The summed E-state index contributed by atoms with van der Waals surface area (Å²) in [5, 5.41) is 4.54. The van der Waals surface area contributed by atoms with Gasteiger partial charge >= 0.3 is 18.3 Å². The molecule has 1 unspecified atom stereocenters. The monoisotopic (exact) mass is 419 g/mol. The van der Waals surface area contributed by atoms with Crippen LogP contribution in [0.4, 0.5) is 23.2 Å².